The van der Waals surface area contributed by atoms with Gasteiger partial charge in [0.2, 0.25) is 5.91 Å². The minimum Gasteiger partial charge on any atom is -0.493 e. The molecule has 2 amide bonds. The molecule has 0 unspecified atom stereocenters. The van der Waals surface area contributed by atoms with E-state index in [-0.39, 0.29) is 40.5 Å². The first-order chi connectivity index (χ1) is 19.3. The van der Waals surface area contributed by atoms with Crippen LogP contribution < -0.4 is 31.4 Å². The lowest BCUT2D eigenvalue weighted by atomic mass is 10.1. The molecule has 4 aromatic rings. The second-order valence-electron chi connectivity index (χ2n) is 8.97. The number of hydrogen-bond acceptors (Lipinski definition) is 6. The van der Waals surface area contributed by atoms with Crippen molar-refractivity contribution < 1.29 is 23.5 Å². The summed E-state index contributed by atoms with van der Waals surface area (Å²) in [6, 6.07) is 15.1. The molecule has 0 fully saturated rings. The molecular weight excluding hydrogens is 519 g/mol. The van der Waals surface area contributed by atoms with Crippen LogP contribution in [0.2, 0.25) is 0 Å². The Morgan fingerprint density at radius 1 is 0.925 bits per heavy atom. The number of carbonyl (C=O) groups is 2. The van der Waals surface area contributed by atoms with E-state index in [0.29, 0.717) is 17.7 Å². The summed E-state index contributed by atoms with van der Waals surface area (Å²) in [5.74, 6) is -0.999. The number of ether oxygens (including phenoxy) is 2. The molecule has 0 aliphatic heterocycles. The molecule has 11 heteroatoms. The molecule has 0 aliphatic carbocycles. The zero-order chi connectivity index (χ0) is 28.8. The molecule has 40 heavy (non-hydrogen) atoms. The third kappa shape index (κ3) is 5.88. The Kier molecular flexibility index (Phi) is 8.63. The van der Waals surface area contributed by atoms with Gasteiger partial charge in [-0.1, -0.05) is 31.2 Å². The number of amides is 2. The van der Waals surface area contributed by atoms with Crippen LogP contribution >= 0.6 is 0 Å². The summed E-state index contributed by atoms with van der Waals surface area (Å²) < 4.78 is 26.9. The molecular formula is C29H29FN4O6. The van der Waals surface area contributed by atoms with Gasteiger partial charge in [0.1, 0.15) is 12.4 Å². The lowest BCUT2D eigenvalue weighted by Crippen LogP contribution is -2.42. The Bertz CT molecular complexity index is 1680. The van der Waals surface area contributed by atoms with Crippen molar-refractivity contribution in [3.63, 3.8) is 0 Å². The van der Waals surface area contributed by atoms with Crippen LogP contribution in [0.15, 0.2) is 70.3 Å². The summed E-state index contributed by atoms with van der Waals surface area (Å²) in [4.78, 5) is 52.3. The predicted molar refractivity (Wildman–Crippen MR) is 149 cm³/mol. The zero-order valence-corrected chi connectivity index (χ0v) is 22.3. The fourth-order valence-corrected chi connectivity index (χ4v) is 4.22. The number of anilines is 1. The number of para-hydroxylation sites is 1. The molecule has 0 radical (unpaired) electrons. The van der Waals surface area contributed by atoms with Crippen LogP contribution in [0.1, 0.15) is 29.3 Å². The second-order valence-corrected chi connectivity index (χ2v) is 8.97. The topological polar surface area (TPSA) is 121 Å². The third-order valence-electron chi connectivity index (χ3n) is 6.27. The van der Waals surface area contributed by atoms with Crippen molar-refractivity contribution in [3.05, 3.63) is 98.4 Å². The van der Waals surface area contributed by atoms with Gasteiger partial charge in [-0.15, -0.1) is 0 Å². The quantitative estimate of drug-likeness (QED) is 0.314. The summed E-state index contributed by atoms with van der Waals surface area (Å²) in [5.41, 5.74) is -0.207. The van der Waals surface area contributed by atoms with E-state index >= 15 is 0 Å². The van der Waals surface area contributed by atoms with Crippen LogP contribution in [-0.2, 0) is 17.9 Å². The largest absolute Gasteiger partial charge is 0.493 e. The summed E-state index contributed by atoms with van der Waals surface area (Å²) in [6.07, 6.45) is 0.802. The van der Waals surface area contributed by atoms with Gasteiger partial charge in [-0.05, 0) is 42.3 Å². The van der Waals surface area contributed by atoms with Gasteiger partial charge in [-0.25, -0.2) is 9.18 Å². The van der Waals surface area contributed by atoms with Crippen LogP contribution in [0.5, 0.6) is 11.5 Å². The summed E-state index contributed by atoms with van der Waals surface area (Å²) in [5, 5.41) is 5.37. The molecule has 0 saturated heterocycles. The number of aromatic nitrogens is 2. The van der Waals surface area contributed by atoms with Crippen LogP contribution in [0.3, 0.4) is 0 Å². The van der Waals surface area contributed by atoms with Gasteiger partial charge in [0.15, 0.2) is 11.5 Å². The first-order valence-electron chi connectivity index (χ1n) is 12.6. The van der Waals surface area contributed by atoms with E-state index in [2.05, 4.69) is 10.6 Å². The summed E-state index contributed by atoms with van der Waals surface area (Å²) >= 11 is 0. The predicted octanol–water partition coefficient (Wildman–Crippen LogP) is 3.15. The van der Waals surface area contributed by atoms with Crippen LogP contribution in [-0.4, -0.2) is 41.7 Å². The molecule has 1 aromatic heterocycles. The van der Waals surface area contributed by atoms with Gasteiger partial charge < -0.3 is 20.1 Å². The van der Waals surface area contributed by atoms with E-state index in [4.69, 9.17) is 9.47 Å². The van der Waals surface area contributed by atoms with E-state index < -0.39 is 29.5 Å². The highest BCUT2D eigenvalue weighted by Crippen LogP contribution is 2.30. The molecule has 0 aliphatic rings. The lowest BCUT2D eigenvalue weighted by Gasteiger charge is -2.16. The molecule has 1 heterocycles. The Balaban J connectivity index is 1.77. The van der Waals surface area contributed by atoms with Crippen molar-refractivity contribution in [1.82, 2.24) is 14.5 Å². The molecule has 4 rings (SSSR count). The third-order valence-corrected chi connectivity index (χ3v) is 6.27. The molecule has 0 atom stereocenters. The number of methoxy groups -OCH3 is 2. The number of carbonyl (C=O) groups excluding carboxylic acids is 2. The van der Waals surface area contributed by atoms with Gasteiger partial charge in [0.05, 0.1) is 37.4 Å². The van der Waals surface area contributed by atoms with Crippen molar-refractivity contribution in [2.75, 3.05) is 26.1 Å². The van der Waals surface area contributed by atoms with Crippen molar-refractivity contribution in [3.8, 4) is 11.5 Å². The van der Waals surface area contributed by atoms with E-state index in [0.717, 1.165) is 15.6 Å². The SMILES string of the molecule is CCCNC(=O)c1ccc(Cn2c(=O)c3cc(OC)c(OC)cc3n(CC(=O)Nc3ccccc3F)c2=O)cc1. The maximum atomic E-state index is 14.1. The van der Waals surface area contributed by atoms with Gasteiger partial charge in [0.25, 0.3) is 11.5 Å². The van der Waals surface area contributed by atoms with E-state index in [9.17, 15) is 23.6 Å². The van der Waals surface area contributed by atoms with Crippen molar-refractivity contribution in [2.24, 2.45) is 0 Å². The number of nitrogens with one attached hydrogen (secondary N) is 2. The second kappa shape index (κ2) is 12.3. The Labute approximate surface area is 229 Å². The molecule has 0 spiro atoms. The first kappa shape index (κ1) is 28.1. The van der Waals surface area contributed by atoms with Gasteiger partial charge >= 0.3 is 5.69 Å². The Morgan fingerprint density at radius 2 is 1.60 bits per heavy atom. The lowest BCUT2D eigenvalue weighted by molar-refractivity contribution is -0.116. The number of benzene rings is 3. The van der Waals surface area contributed by atoms with E-state index in [1.54, 1.807) is 30.3 Å². The Morgan fingerprint density at radius 3 is 2.25 bits per heavy atom. The maximum Gasteiger partial charge on any atom is 0.332 e. The number of hydrogen-bond donors (Lipinski definition) is 2. The highest BCUT2D eigenvalue weighted by Gasteiger charge is 2.19. The van der Waals surface area contributed by atoms with Crippen LogP contribution in [0, 0.1) is 5.82 Å². The molecule has 208 valence electrons. The Hall–Kier alpha value is -4.93. The molecule has 2 N–H and O–H groups in total. The van der Waals surface area contributed by atoms with E-state index in [1.807, 2.05) is 6.92 Å². The molecule has 10 nitrogen and oxygen atoms in total. The highest BCUT2D eigenvalue weighted by molar-refractivity contribution is 5.94. The normalized spacial score (nSPS) is 10.8. The number of fused-ring (bicyclic) bond motifs is 1. The maximum absolute atomic E-state index is 14.1. The average Bonchev–Trinajstić information content (AvgIpc) is 2.97. The van der Waals surface area contributed by atoms with Gasteiger partial charge in [0, 0.05) is 18.2 Å². The fraction of sp³-hybridized carbons (Fsp3) is 0.241. The van der Waals surface area contributed by atoms with E-state index in [1.165, 1.54) is 44.6 Å². The van der Waals surface area contributed by atoms with Crippen molar-refractivity contribution in [1.29, 1.82) is 0 Å². The summed E-state index contributed by atoms with van der Waals surface area (Å²) in [7, 11) is 2.82. The minimum absolute atomic E-state index is 0.0412. The van der Waals surface area contributed by atoms with Crippen molar-refractivity contribution >= 4 is 28.4 Å². The average molecular weight is 549 g/mol. The van der Waals surface area contributed by atoms with Gasteiger partial charge in [-0.3, -0.25) is 23.5 Å². The zero-order valence-electron chi connectivity index (χ0n) is 22.3. The van der Waals surface area contributed by atoms with Crippen LogP contribution in [0.4, 0.5) is 10.1 Å². The first-order valence-corrected chi connectivity index (χ1v) is 12.6. The standard InChI is InChI=1S/C29H29FN4O6/c1-4-13-31-27(36)19-11-9-18(10-12-19)16-34-28(37)20-14-24(39-2)25(40-3)15-23(20)33(29(34)38)17-26(35)32-22-8-6-5-7-21(22)30/h5-12,14-15H,4,13,16-17H2,1-3H3,(H,31,36)(H,32,35). The smallest absolute Gasteiger partial charge is 0.332 e. The van der Waals surface area contributed by atoms with Gasteiger partial charge in [-0.2, -0.15) is 0 Å². The fourth-order valence-electron chi connectivity index (χ4n) is 4.22. The monoisotopic (exact) mass is 548 g/mol. The number of nitrogens with zero attached hydrogens (tertiary/aromatic N) is 2. The van der Waals surface area contributed by atoms with Crippen molar-refractivity contribution in [2.45, 2.75) is 26.4 Å². The number of halogens is 1. The molecule has 3 aromatic carbocycles. The number of rotatable bonds is 10. The molecule has 0 bridgehead atoms. The van der Waals surface area contributed by atoms with Crippen LogP contribution in [0.25, 0.3) is 10.9 Å². The molecule has 0 saturated carbocycles. The highest BCUT2D eigenvalue weighted by atomic mass is 19.1. The minimum atomic E-state index is -0.752. The summed E-state index contributed by atoms with van der Waals surface area (Å²) in [6.45, 7) is 1.88.